The molecule has 2 aromatic rings. The van der Waals surface area contributed by atoms with Gasteiger partial charge in [0.25, 0.3) is 0 Å². The van der Waals surface area contributed by atoms with E-state index in [2.05, 4.69) is 52.3 Å². The van der Waals surface area contributed by atoms with E-state index in [9.17, 15) is 4.79 Å². The minimum atomic E-state index is 0.0000444. The summed E-state index contributed by atoms with van der Waals surface area (Å²) in [6.07, 6.45) is 7.37. The summed E-state index contributed by atoms with van der Waals surface area (Å²) in [5.74, 6) is 0. The minimum Gasteiger partial charge on any atom is -0.361 e. The second-order valence-corrected chi connectivity index (χ2v) is 7.35. The van der Waals surface area contributed by atoms with Crippen LogP contribution in [0.25, 0.3) is 16.5 Å². The largest absolute Gasteiger partial charge is 0.361 e. The van der Waals surface area contributed by atoms with Gasteiger partial charge in [-0.15, -0.1) is 6.58 Å². The van der Waals surface area contributed by atoms with Gasteiger partial charge in [-0.1, -0.05) is 24.3 Å². The Balaban J connectivity index is 1.71. The number of nitrogens with zero attached hydrogens (tertiary/aromatic N) is 2. The van der Waals surface area contributed by atoms with Crippen LogP contribution in [-0.2, 0) is 6.42 Å². The van der Waals surface area contributed by atoms with Gasteiger partial charge >= 0.3 is 6.03 Å². The number of urea groups is 1. The van der Waals surface area contributed by atoms with E-state index in [1.54, 1.807) is 0 Å². The molecule has 1 aromatic carbocycles. The van der Waals surface area contributed by atoms with Crippen LogP contribution in [0.15, 0.2) is 43.1 Å². The van der Waals surface area contributed by atoms with E-state index >= 15 is 0 Å². The number of amides is 2. The fraction of sp³-hybridized carbons (Fsp3) is 0.409. The molecule has 1 aliphatic carbocycles. The van der Waals surface area contributed by atoms with Crippen molar-refractivity contribution < 1.29 is 4.79 Å². The summed E-state index contributed by atoms with van der Waals surface area (Å²) >= 11 is 0. The topological polar surface area (TPSA) is 51.4 Å². The van der Waals surface area contributed by atoms with Crippen molar-refractivity contribution >= 4 is 22.5 Å². The zero-order valence-corrected chi connectivity index (χ0v) is 16.2. The molecule has 0 radical (unpaired) electrons. The SMILES string of the molecule is C=CCN1C[C@@H](NC(=O)N(CC)CC)C=C2c3cccc4[nH]cc(c34)C[C@H]21. The van der Waals surface area contributed by atoms with E-state index in [0.717, 1.165) is 32.6 Å². The maximum absolute atomic E-state index is 12.6. The first-order valence-electron chi connectivity index (χ1n) is 9.87. The Bertz CT molecular complexity index is 893. The van der Waals surface area contributed by atoms with E-state index in [4.69, 9.17) is 0 Å². The summed E-state index contributed by atoms with van der Waals surface area (Å²) in [6.45, 7) is 11.0. The minimum absolute atomic E-state index is 0.0000444. The van der Waals surface area contributed by atoms with Crippen molar-refractivity contribution in [2.24, 2.45) is 0 Å². The maximum Gasteiger partial charge on any atom is 0.317 e. The smallest absolute Gasteiger partial charge is 0.317 e. The van der Waals surface area contributed by atoms with Crippen molar-refractivity contribution in [1.29, 1.82) is 0 Å². The lowest BCUT2D eigenvalue weighted by molar-refractivity contribution is 0.189. The molecule has 27 heavy (non-hydrogen) atoms. The predicted octanol–water partition coefficient (Wildman–Crippen LogP) is 3.40. The summed E-state index contributed by atoms with van der Waals surface area (Å²) in [5.41, 5.74) is 5.18. The molecular formula is C22H28N4O. The molecular weight excluding hydrogens is 336 g/mol. The average Bonchev–Trinajstić information content (AvgIpc) is 3.08. The Labute approximate surface area is 160 Å². The first-order chi connectivity index (χ1) is 13.2. The number of aromatic amines is 1. The van der Waals surface area contributed by atoms with Crippen LogP contribution in [0.2, 0.25) is 0 Å². The van der Waals surface area contributed by atoms with Crippen LogP contribution in [0.3, 0.4) is 0 Å². The van der Waals surface area contributed by atoms with Crippen molar-refractivity contribution in [3.8, 4) is 0 Å². The van der Waals surface area contributed by atoms with Gasteiger partial charge in [-0.05, 0) is 43.0 Å². The monoisotopic (exact) mass is 364 g/mol. The van der Waals surface area contributed by atoms with Gasteiger partial charge in [0.05, 0.1) is 6.04 Å². The second-order valence-electron chi connectivity index (χ2n) is 7.35. The molecule has 5 nitrogen and oxygen atoms in total. The zero-order valence-electron chi connectivity index (χ0n) is 16.2. The summed E-state index contributed by atoms with van der Waals surface area (Å²) in [7, 11) is 0. The Morgan fingerprint density at radius 1 is 1.41 bits per heavy atom. The molecule has 2 aliphatic rings. The van der Waals surface area contributed by atoms with Gasteiger partial charge < -0.3 is 15.2 Å². The Kier molecular flexibility index (Phi) is 4.79. The number of hydrogen-bond donors (Lipinski definition) is 2. The van der Waals surface area contributed by atoms with Crippen LogP contribution in [-0.4, -0.2) is 59.1 Å². The highest BCUT2D eigenvalue weighted by Crippen LogP contribution is 2.40. The molecule has 0 saturated carbocycles. The van der Waals surface area contributed by atoms with Crippen molar-refractivity contribution in [1.82, 2.24) is 20.1 Å². The molecule has 1 aliphatic heterocycles. The molecule has 4 rings (SSSR count). The Hall–Kier alpha value is -2.53. The third-order valence-electron chi connectivity index (χ3n) is 5.85. The number of nitrogens with one attached hydrogen (secondary N) is 2. The van der Waals surface area contributed by atoms with Crippen molar-refractivity contribution in [2.75, 3.05) is 26.2 Å². The van der Waals surface area contributed by atoms with Crippen molar-refractivity contribution in [2.45, 2.75) is 32.4 Å². The van der Waals surface area contributed by atoms with E-state index in [1.165, 1.54) is 27.6 Å². The van der Waals surface area contributed by atoms with Gasteiger partial charge in [0.2, 0.25) is 0 Å². The fourth-order valence-electron chi connectivity index (χ4n) is 4.55. The lowest BCUT2D eigenvalue weighted by atomic mass is 9.81. The first-order valence-corrected chi connectivity index (χ1v) is 9.87. The van der Waals surface area contributed by atoms with Gasteiger partial charge in [0.1, 0.15) is 0 Å². The maximum atomic E-state index is 12.6. The highest BCUT2D eigenvalue weighted by atomic mass is 16.2. The average molecular weight is 364 g/mol. The number of aromatic nitrogens is 1. The van der Waals surface area contributed by atoms with E-state index in [0.29, 0.717) is 6.04 Å². The third-order valence-corrected chi connectivity index (χ3v) is 5.85. The summed E-state index contributed by atoms with van der Waals surface area (Å²) in [6, 6.07) is 6.79. The molecule has 0 spiro atoms. The molecule has 0 unspecified atom stereocenters. The molecule has 2 atom stereocenters. The second kappa shape index (κ2) is 7.24. The summed E-state index contributed by atoms with van der Waals surface area (Å²) in [5, 5.41) is 4.55. The highest BCUT2D eigenvalue weighted by molar-refractivity contribution is 5.98. The first kappa shape index (κ1) is 17.9. The number of benzene rings is 1. The Morgan fingerprint density at radius 3 is 2.96 bits per heavy atom. The third kappa shape index (κ3) is 3.06. The lowest BCUT2D eigenvalue weighted by Gasteiger charge is -2.42. The molecule has 5 heteroatoms. The number of H-pyrrole nitrogens is 1. The van der Waals surface area contributed by atoms with Crippen LogP contribution in [0, 0.1) is 0 Å². The highest BCUT2D eigenvalue weighted by Gasteiger charge is 2.35. The van der Waals surface area contributed by atoms with Crippen LogP contribution in [0.1, 0.15) is 25.0 Å². The van der Waals surface area contributed by atoms with Crippen LogP contribution in [0.5, 0.6) is 0 Å². The molecule has 0 bridgehead atoms. The van der Waals surface area contributed by atoms with Gasteiger partial charge in [-0.25, -0.2) is 4.79 Å². The van der Waals surface area contributed by atoms with Gasteiger partial charge in [-0.2, -0.15) is 0 Å². The van der Waals surface area contributed by atoms with Crippen molar-refractivity contribution in [3.63, 3.8) is 0 Å². The van der Waals surface area contributed by atoms with Gasteiger partial charge in [0.15, 0.2) is 0 Å². The lowest BCUT2D eigenvalue weighted by Crippen LogP contribution is -2.54. The number of rotatable bonds is 5. The normalized spacial score (nSPS) is 21.5. The standard InChI is InChI=1S/C22H28N4O/c1-4-10-26-14-16(24-22(27)25(5-2)6-3)12-18-17-8-7-9-19-21(17)15(13-23-19)11-20(18)26/h4,7-9,12-13,16,20,23H,1,5-6,10-11,14H2,2-3H3,(H,24,27)/t16-,20+/m0/s1. The number of carbonyl (C=O) groups is 1. The van der Waals surface area contributed by atoms with E-state index in [-0.39, 0.29) is 12.1 Å². The molecule has 2 heterocycles. The zero-order chi connectivity index (χ0) is 19.0. The number of fused-ring (bicyclic) bond motifs is 2. The fourth-order valence-corrected chi connectivity index (χ4v) is 4.55. The number of carbonyl (C=O) groups excluding carboxylic acids is 1. The summed E-state index contributed by atoms with van der Waals surface area (Å²) in [4.78, 5) is 20.3. The molecule has 1 aromatic heterocycles. The molecule has 0 fully saturated rings. The van der Waals surface area contributed by atoms with Gasteiger partial charge in [-0.3, -0.25) is 4.90 Å². The van der Waals surface area contributed by atoms with Crippen LogP contribution >= 0.6 is 0 Å². The summed E-state index contributed by atoms with van der Waals surface area (Å²) < 4.78 is 0. The van der Waals surface area contributed by atoms with Crippen LogP contribution in [0.4, 0.5) is 4.79 Å². The predicted molar refractivity (Wildman–Crippen MR) is 111 cm³/mol. The molecule has 142 valence electrons. The van der Waals surface area contributed by atoms with Gasteiger partial charge in [0, 0.05) is 49.3 Å². The van der Waals surface area contributed by atoms with E-state index < -0.39 is 0 Å². The molecule has 2 amide bonds. The van der Waals surface area contributed by atoms with E-state index in [1.807, 2.05) is 24.8 Å². The molecule has 0 saturated heterocycles. The quantitative estimate of drug-likeness (QED) is 0.799. The molecule has 2 N–H and O–H groups in total. The number of hydrogen-bond acceptors (Lipinski definition) is 2. The van der Waals surface area contributed by atoms with Crippen LogP contribution < -0.4 is 5.32 Å². The van der Waals surface area contributed by atoms with Crippen molar-refractivity contribution in [3.05, 3.63) is 54.3 Å². The Morgan fingerprint density at radius 2 is 2.22 bits per heavy atom.